The summed E-state index contributed by atoms with van der Waals surface area (Å²) in [4.78, 5) is 25.8. The second kappa shape index (κ2) is 5.21. The van der Waals surface area contributed by atoms with Gasteiger partial charge in [-0.25, -0.2) is 9.47 Å². The number of carbonyl (C=O) groups is 1. The second-order valence-electron chi connectivity index (χ2n) is 5.28. The molecule has 1 aromatic carbocycles. The van der Waals surface area contributed by atoms with Crippen LogP contribution in [0, 0.1) is 0 Å². The summed E-state index contributed by atoms with van der Waals surface area (Å²) >= 11 is 0. The lowest BCUT2D eigenvalue weighted by Crippen LogP contribution is -2.51. The molecule has 1 aliphatic heterocycles. The third kappa shape index (κ3) is 2.38. The molecule has 21 heavy (non-hydrogen) atoms. The normalized spacial score (nSPS) is 16.3. The maximum absolute atomic E-state index is 12.1. The maximum Gasteiger partial charge on any atom is 0.354 e. The number of nitrogens with zero attached hydrogens (tertiary/aromatic N) is 3. The molecular formula is C15H17N3O3. The predicted molar refractivity (Wildman–Crippen MR) is 80.6 cm³/mol. The quantitative estimate of drug-likeness (QED) is 0.875. The average Bonchev–Trinajstić information content (AvgIpc) is 2.48. The molecule has 1 saturated heterocycles. The number of fused-ring (bicyclic) bond motifs is 1. The maximum atomic E-state index is 12.1. The number of aromatic carboxylic acids is 1. The number of carboxylic acids is 1. The Labute approximate surface area is 121 Å². The smallest absolute Gasteiger partial charge is 0.354 e. The van der Waals surface area contributed by atoms with Gasteiger partial charge in [-0.05, 0) is 19.2 Å². The van der Waals surface area contributed by atoms with Gasteiger partial charge < -0.3 is 15.0 Å². The fourth-order valence-electron chi connectivity index (χ4n) is 2.71. The van der Waals surface area contributed by atoms with E-state index in [4.69, 9.17) is 0 Å². The van der Waals surface area contributed by atoms with Crippen molar-refractivity contribution in [2.75, 3.05) is 38.2 Å². The highest BCUT2D eigenvalue weighted by atomic mass is 16.4. The Morgan fingerprint density at radius 2 is 1.81 bits per heavy atom. The van der Waals surface area contributed by atoms with Crippen molar-refractivity contribution < 1.29 is 9.90 Å². The van der Waals surface area contributed by atoms with Gasteiger partial charge >= 0.3 is 5.97 Å². The van der Waals surface area contributed by atoms with E-state index in [2.05, 4.69) is 4.90 Å². The highest BCUT2D eigenvalue weighted by Crippen LogP contribution is 2.15. The van der Waals surface area contributed by atoms with Gasteiger partial charge in [-0.15, -0.1) is 0 Å². The summed E-state index contributed by atoms with van der Waals surface area (Å²) in [6.07, 6.45) is 0. The van der Waals surface area contributed by atoms with Crippen molar-refractivity contribution in [3.63, 3.8) is 0 Å². The van der Waals surface area contributed by atoms with Crippen LogP contribution in [0.3, 0.4) is 0 Å². The summed E-state index contributed by atoms with van der Waals surface area (Å²) in [5, 5.41) is 12.0. The number of pyridine rings is 1. The summed E-state index contributed by atoms with van der Waals surface area (Å²) < 4.78 is 1.67. The minimum atomic E-state index is -1.09. The molecule has 1 fully saturated rings. The van der Waals surface area contributed by atoms with Crippen molar-refractivity contribution in [3.05, 3.63) is 46.2 Å². The van der Waals surface area contributed by atoms with Crippen LogP contribution in [0.1, 0.15) is 10.5 Å². The lowest BCUT2D eigenvalue weighted by atomic mass is 10.2. The number of carboxylic acid groups (broad SMARTS) is 1. The largest absolute Gasteiger partial charge is 0.477 e. The molecule has 1 aromatic heterocycles. The molecule has 0 radical (unpaired) electrons. The van der Waals surface area contributed by atoms with E-state index in [9.17, 15) is 14.7 Å². The van der Waals surface area contributed by atoms with Crippen LogP contribution in [0.4, 0.5) is 0 Å². The zero-order valence-electron chi connectivity index (χ0n) is 11.8. The van der Waals surface area contributed by atoms with Gasteiger partial charge in [-0.3, -0.25) is 4.79 Å². The van der Waals surface area contributed by atoms with E-state index in [-0.39, 0.29) is 11.1 Å². The molecule has 0 unspecified atom stereocenters. The molecule has 6 nitrogen and oxygen atoms in total. The van der Waals surface area contributed by atoms with Crippen molar-refractivity contribution in [1.82, 2.24) is 9.58 Å². The number of hydrogen-bond donors (Lipinski definition) is 1. The lowest BCUT2D eigenvalue weighted by molar-refractivity contribution is 0.0683. The van der Waals surface area contributed by atoms with Crippen LogP contribution in [0.5, 0.6) is 0 Å². The van der Waals surface area contributed by atoms with Gasteiger partial charge in [0.1, 0.15) is 0 Å². The lowest BCUT2D eigenvalue weighted by Gasteiger charge is -2.36. The van der Waals surface area contributed by atoms with Crippen molar-refractivity contribution in [3.8, 4) is 0 Å². The van der Waals surface area contributed by atoms with Gasteiger partial charge in [0.2, 0.25) is 0 Å². The van der Waals surface area contributed by atoms with E-state index in [1.54, 1.807) is 22.9 Å². The zero-order valence-corrected chi connectivity index (χ0v) is 11.8. The Bertz CT molecular complexity index is 745. The molecular weight excluding hydrogens is 270 g/mol. The van der Waals surface area contributed by atoms with Crippen molar-refractivity contribution in [2.24, 2.45) is 0 Å². The van der Waals surface area contributed by atoms with E-state index in [0.29, 0.717) is 10.9 Å². The number of hydrogen-bond acceptors (Lipinski definition) is 4. The van der Waals surface area contributed by atoms with Gasteiger partial charge in [0, 0.05) is 37.6 Å². The molecule has 110 valence electrons. The predicted octanol–water partition coefficient (Wildman–Crippen LogP) is 0.583. The Morgan fingerprint density at radius 3 is 2.48 bits per heavy atom. The van der Waals surface area contributed by atoms with E-state index >= 15 is 0 Å². The highest BCUT2D eigenvalue weighted by Gasteiger charge is 2.21. The third-order valence-corrected chi connectivity index (χ3v) is 3.88. The summed E-state index contributed by atoms with van der Waals surface area (Å²) in [5.74, 6) is -1.09. The van der Waals surface area contributed by atoms with Crippen LogP contribution in [-0.4, -0.2) is 53.9 Å². The number of para-hydroxylation sites is 1. The Kier molecular flexibility index (Phi) is 3.39. The first-order chi connectivity index (χ1) is 10.1. The van der Waals surface area contributed by atoms with Crippen molar-refractivity contribution >= 4 is 16.9 Å². The highest BCUT2D eigenvalue weighted by molar-refractivity contribution is 5.90. The summed E-state index contributed by atoms with van der Waals surface area (Å²) in [6, 6.07) is 8.35. The number of piperazine rings is 1. The molecule has 0 saturated carbocycles. The summed E-state index contributed by atoms with van der Waals surface area (Å²) in [6.45, 7) is 3.17. The summed E-state index contributed by atoms with van der Waals surface area (Å²) in [5.41, 5.74) is 0.406. The van der Waals surface area contributed by atoms with Crippen LogP contribution < -0.4 is 10.4 Å². The molecule has 2 aromatic rings. The molecule has 1 N–H and O–H groups in total. The van der Waals surface area contributed by atoms with Gasteiger partial charge in [0.05, 0.1) is 5.52 Å². The first-order valence-corrected chi connectivity index (χ1v) is 6.90. The monoisotopic (exact) mass is 287 g/mol. The van der Waals surface area contributed by atoms with Crippen LogP contribution in [0.25, 0.3) is 10.9 Å². The summed E-state index contributed by atoms with van der Waals surface area (Å²) in [7, 11) is 2.04. The second-order valence-corrected chi connectivity index (χ2v) is 5.28. The van der Waals surface area contributed by atoms with Gasteiger partial charge in [-0.2, -0.15) is 0 Å². The number of likely N-dealkylation sites (N-methyl/N-ethyl adjacent to an activating group) is 1. The van der Waals surface area contributed by atoms with Gasteiger partial charge in [-0.1, -0.05) is 12.1 Å². The Morgan fingerprint density at radius 1 is 1.14 bits per heavy atom. The molecule has 3 rings (SSSR count). The minimum Gasteiger partial charge on any atom is -0.477 e. The van der Waals surface area contributed by atoms with E-state index in [1.165, 1.54) is 6.07 Å². The molecule has 0 aliphatic carbocycles. The number of rotatable bonds is 2. The molecule has 0 amide bonds. The number of benzene rings is 1. The van der Waals surface area contributed by atoms with Crippen molar-refractivity contribution in [2.45, 2.75) is 0 Å². The molecule has 6 heteroatoms. The fourth-order valence-corrected chi connectivity index (χ4v) is 2.71. The van der Waals surface area contributed by atoms with Gasteiger partial charge in [0.15, 0.2) is 11.1 Å². The van der Waals surface area contributed by atoms with Crippen molar-refractivity contribution in [1.29, 1.82) is 0 Å². The van der Waals surface area contributed by atoms with E-state index in [1.807, 2.05) is 18.1 Å². The van der Waals surface area contributed by atoms with Crippen LogP contribution in [0.2, 0.25) is 0 Å². The first kappa shape index (κ1) is 13.6. The molecule has 1 aliphatic rings. The molecule has 0 bridgehead atoms. The topological polar surface area (TPSA) is 65.8 Å². The average molecular weight is 287 g/mol. The fraction of sp³-hybridized carbons (Fsp3) is 0.333. The molecule has 2 heterocycles. The Balaban J connectivity index is 2.23. The minimum absolute atomic E-state index is 0.0169. The van der Waals surface area contributed by atoms with E-state index < -0.39 is 5.97 Å². The third-order valence-electron chi connectivity index (χ3n) is 3.88. The number of aromatic nitrogens is 1. The van der Waals surface area contributed by atoms with E-state index in [0.717, 1.165) is 26.2 Å². The van der Waals surface area contributed by atoms with Crippen LogP contribution >= 0.6 is 0 Å². The standard InChI is InChI=1S/C15H17N3O3/c1-16-6-8-17(9-7-16)18-12-5-3-2-4-11(12)14(19)10-13(18)15(20)21/h2-5,10H,6-9H2,1H3,(H,20,21). The first-order valence-electron chi connectivity index (χ1n) is 6.90. The Hall–Kier alpha value is -2.34. The zero-order chi connectivity index (χ0) is 15.0. The van der Waals surface area contributed by atoms with Crippen LogP contribution in [-0.2, 0) is 0 Å². The van der Waals surface area contributed by atoms with Gasteiger partial charge in [0.25, 0.3) is 0 Å². The molecule has 0 spiro atoms. The molecule has 0 atom stereocenters. The SMILES string of the molecule is CN1CCN(n2c(C(=O)O)cc(=O)c3ccccc32)CC1. The van der Waals surface area contributed by atoms with Crippen LogP contribution in [0.15, 0.2) is 35.1 Å².